The molecule has 0 fully saturated rings. The van der Waals surface area contributed by atoms with Crippen LogP contribution in [-0.4, -0.2) is 36.2 Å². The highest BCUT2D eigenvalue weighted by molar-refractivity contribution is 5.52. The molecule has 23 heavy (non-hydrogen) atoms. The molecule has 0 aliphatic carbocycles. The van der Waals surface area contributed by atoms with E-state index in [2.05, 4.69) is 87.7 Å². The van der Waals surface area contributed by atoms with E-state index in [-0.39, 0.29) is 48.0 Å². The first-order chi connectivity index (χ1) is 10.0. The molecule has 0 radical (unpaired) electrons. The third-order valence-corrected chi connectivity index (χ3v) is 5.06. The van der Waals surface area contributed by atoms with Gasteiger partial charge >= 0.3 is 0 Å². The molecule has 0 spiro atoms. The third-order valence-electron chi connectivity index (χ3n) is 5.06. The average Bonchev–Trinajstić information content (AvgIpc) is 2.96. The molecule has 2 heterocycles. The molecule has 0 saturated carbocycles. The summed E-state index contributed by atoms with van der Waals surface area (Å²) in [4.78, 5) is 7.36. The zero-order valence-corrected chi connectivity index (χ0v) is 18.7. The minimum atomic E-state index is 0. The molecule has 4 atom stereocenters. The highest BCUT2D eigenvalue weighted by atomic mass is 127. The van der Waals surface area contributed by atoms with Crippen LogP contribution in [0.3, 0.4) is 0 Å². The first-order valence-electron chi connectivity index (χ1n) is 7.65. The van der Waals surface area contributed by atoms with Gasteiger partial charge in [-0.25, -0.2) is 0 Å². The van der Waals surface area contributed by atoms with Crippen molar-refractivity contribution in [1.82, 2.24) is 9.80 Å². The fourth-order valence-electron chi connectivity index (χ4n) is 3.26. The summed E-state index contributed by atoms with van der Waals surface area (Å²) in [6, 6.07) is 6.69. The highest BCUT2D eigenvalue weighted by Crippen LogP contribution is 2.20. The quantitative estimate of drug-likeness (QED) is 0.365. The largest absolute Gasteiger partial charge is 1.00 e. The predicted octanol–water partition coefficient (Wildman–Crippen LogP) is -5.44. The summed E-state index contributed by atoms with van der Waals surface area (Å²) in [6.07, 6.45) is 9.74. The summed E-state index contributed by atoms with van der Waals surface area (Å²) in [7, 11) is 4.28. The molecule has 4 nitrogen and oxygen atoms in total. The summed E-state index contributed by atoms with van der Waals surface area (Å²) in [5.74, 6) is 0. The van der Waals surface area contributed by atoms with Crippen molar-refractivity contribution in [3.05, 3.63) is 48.6 Å². The Morgan fingerprint density at radius 1 is 0.826 bits per heavy atom. The molecule has 2 aliphatic heterocycles. The van der Waals surface area contributed by atoms with Crippen molar-refractivity contribution < 1.29 is 57.8 Å². The molecule has 0 amide bonds. The highest BCUT2D eigenvalue weighted by Gasteiger charge is 2.32. The Labute approximate surface area is 173 Å². The van der Waals surface area contributed by atoms with Gasteiger partial charge in [-0.15, -0.1) is 0 Å². The summed E-state index contributed by atoms with van der Waals surface area (Å²) in [6.45, 7) is 6.78. The van der Waals surface area contributed by atoms with Gasteiger partial charge in [0.05, 0.1) is 18.0 Å². The average molecular weight is 540 g/mol. The first kappa shape index (κ1) is 20.7. The lowest BCUT2D eigenvalue weighted by molar-refractivity contribution is -0.813. The number of halogens is 2. The van der Waals surface area contributed by atoms with Crippen LogP contribution in [0.25, 0.3) is 0 Å². The zero-order valence-electron chi connectivity index (χ0n) is 14.3. The zero-order chi connectivity index (χ0) is 15.1. The van der Waals surface area contributed by atoms with Gasteiger partial charge in [-0.05, 0) is 6.92 Å². The Balaban J connectivity index is 0.00000132. The van der Waals surface area contributed by atoms with E-state index in [0.717, 1.165) is 0 Å². The fourth-order valence-corrected chi connectivity index (χ4v) is 3.26. The molecule has 0 saturated heterocycles. The van der Waals surface area contributed by atoms with Crippen LogP contribution in [0.4, 0.5) is 11.4 Å². The van der Waals surface area contributed by atoms with Gasteiger partial charge in [0.15, 0.2) is 12.3 Å². The van der Waals surface area contributed by atoms with E-state index in [1.165, 1.54) is 26.7 Å². The number of rotatable bonds is 2. The van der Waals surface area contributed by atoms with Gasteiger partial charge in [0, 0.05) is 40.1 Å². The topological polar surface area (TPSA) is 15.4 Å². The van der Waals surface area contributed by atoms with Crippen LogP contribution in [0.15, 0.2) is 43.0 Å². The van der Waals surface area contributed by atoms with Crippen molar-refractivity contribution in [2.24, 2.45) is 0 Å². The molecular formula is C17H26I2N4. The van der Waals surface area contributed by atoms with Crippen molar-refractivity contribution in [2.75, 3.05) is 14.1 Å². The second-order valence-corrected chi connectivity index (χ2v) is 6.20. The van der Waals surface area contributed by atoms with E-state index in [4.69, 9.17) is 0 Å². The van der Waals surface area contributed by atoms with Gasteiger partial charge in [-0.2, -0.15) is 0 Å². The number of benzene rings is 1. The third kappa shape index (κ3) is 3.69. The Kier molecular flexibility index (Phi) is 7.36. The molecule has 1 aromatic carbocycles. The van der Waals surface area contributed by atoms with Gasteiger partial charge in [-0.3, -0.25) is 9.80 Å². The van der Waals surface area contributed by atoms with E-state index < -0.39 is 0 Å². The van der Waals surface area contributed by atoms with E-state index in [1.54, 1.807) is 0 Å². The SMILES string of the molecule is Cc1c([NH+]2C=CN(C)[C@H]2C)cccc1[NH+]1C=CN(C)[C@@H]1C.[I-].[I-]. The van der Waals surface area contributed by atoms with Crippen LogP contribution in [0, 0.1) is 6.92 Å². The maximum Gasteiger partial charge on any atom is 0.168 e. The van der Waals surface area contributed by atoms with Crippen molar-refractivity contribution in [3.8, 4) is 0 Å². The number of nitrogens with zero attached hydrogens (tertiary/aromatic N) is 2. The normalized spacial score (nSPS) is 28.7. The van der Waals surface area contributed by atoms with Gasteiger partial charge in [0.2, 0.25) is 0 Å². The van der Waals surface area contributed by atoms with E-state index in [1.807, 2.05) is 0 Å². The number of quaternary nitrogens is 2. The second kappa shape index (κ2) is 8.17. The molecular weight excluding hydrogens is 514 g/mol. The van der Waals surface area contributed by atoms with Crippen molar-refractivity contribution in [2.45, 2.75) is 33.1 Å². The molecule has 128 valence electrons. The minimum absolute atomic E-state index is 0. The van der Waals surface area contributed by atoms with Gasteiger partial charge in [0.1, 0.15) is 23.8 Å². The Morgan fingerprint density at radius 3 is 1.52 bits per heavy atom. The van der Waals surface area contributed by atoms with Crippen LogP contribution in [-0.2, 0) is 0 Å². The molecule has 0 bridgehead atoms. The number of nitrogens with one attached hydrogen (secondary N) is 2. The lowest BCUT2D eigenvalue weighted by Gasteiger charge is -2.26. The summed E-state index contributed by atoms with van der Waals surface area (Å²) in [5, 5.41) is 0. The minimum Gasteiger partial charge on any atom is -1.00 e. The van der Waals surface area contributed by atoms with E-state index >= 15 is 0 Å². The number of hydrogen-bond acceptors (Lipinski definition) is 2. The van der Waals surface area contributed by atoms with Crippen LogP contribution in [0.2, 0.25) is 0 Å². The van der Waals surface area contributed by atoms with Crippen LogP contribution < -0.4 is 57.8 Å². The van der Waals surface area contributed by atoms with Gasteiger partial charge in [-0.1, -0.05) is 6.07 Å². The van der Waals surface area contributed by atoms with Crippen LogP contribution in [0.5, 0.6) is 0 Å². The second-order valence-electron chi connectivity index (χ2n) is 6.20. The summed E-state index contributed by atoms with van der Waals surface area (Å²) >= 11 is 0. The Morgan fingerprint density at radius 2 is 1.22 bits per heavy atom. The maximum atomic E-state index is 2.26. The predicted molar refractivity (Wildman–Crippen MR) is 85.2 cm³/mol. The maximum absolute atomic E-state index is 2.26. The fraction of sp³-hybridized carbons (Fsp3) is 0.412. The summed E-state index contributed by atoms with van der Waals surface area (Å²) < 4.78 is 0. The monoisotopic (exact) mass is 540 g/mol. The van der Waals surface area contributed by atoms with Crippen molar-refractivity contribution in [3.63, 3.8) is 0 Å². The van der Waals surface area contributed by atoms with E-state index in [9.17, 15) is 0 Å². The van der Waals surface area contributed by atoms with Crippen molar-refractivity contribution >= 4 is 11.4 Å². The Bertz CT molecular complexity index is 554. The van der Waals surface area contributed by atoms with Gasteiger partial charge < -0.3 is 57.8 Å². The molecule has 1 aromatic rings. The number of hydrogen-bond donors (Lipinski definition) is 2. The molecule has 2 unspecified atom stereocenters. The van der Waals surface area contributed by atoms with Crippen molar-refractivity contribution in [1.29, 1.82) is 0 Å². The van der Waals surface area contributed by atoms with Gasteiger partial charge in [0.25, 0.3) is 0 Å². The lowest BCUT2D eigenvalue weighted by Crippen LogP contribution is -3.08. The molecule has 2 N–H and O–H groups in total. The van der Waals surface area contributed by atoms with Crippen LogP contribution >= 0.6 is 0 Å². The molecule has 3 rings (SSSR count). The standard InChI is InChI=1S/C17H24N4.2HI/c1-13-16(20-11-9-18(4)14(20)2)7-6-8-17(13)21-12-10-19(5)15(21)3;;/h6-12,14-15H,1-5H3;2*1H/t14-,15+;;. The first-order valence-corrected chi connectivity index (χ1v) is 7.65. The Hall–Kier alpha value is -0.320. The smallest absolute Gasteiger partial charge is 0.168 e. The van der Waals surface area contributed by atoms with E-state index in [0.29, 0.717) is 12.3 Å². The molecule has 2 aliphatic rings. The lowest BCUT2D eigenvalue weighted by atomic mass is 10.1. The molecule has 0 aromatic heterocycles. The summed E-state index contributed by atoms with van der Waals surface area (Å²) in [5.41, 5.74) is 4.15. The molecule has 6 heteroatoms. The van der Waals surface area contributed by atoms with Crippen LogP contribution in [0.1, 0.15) is 19.4 Å².